The zero-order valence-electron chi connectivity index (χ0n) is 17.9. The van der Waals surface area contributed by atoms with Gasteiger partial charge in [0.05, 0.1) is 12.0 Å². The van der Waals surface area contributed by atoms with Gasteiger partial charge in [-0.05, 0) is 67.6 Å². The molecule has 0 aliphatic rings. The first-order valence-electron chi connectivity index (χ1n) is 9.62. The second kappa shape index (κ2) is 9.75. The van der Waals surface area contributed by atoms with Crippen LogP contribution < -0.4 is 10.0 Å². The molecule has 1 amide bonds. The third-order valence-corrected chi connectivity index (χ3v) is 6.05. The Hall–Kier alpha value is -2.87. The Balaban J connectivity index is 2.14. The maximum Gasteiger partial charge on any atom is 0.328 e. The lowest BCUT2D eigenvalue weighted by atomic mass is 10.0. The summed E-state index contributed by atoms with van der Waals surface area (Å²) in [7, 11) is -2.48. The third-order valence-electron chi connectivity index (χ3n) is 4.53. The Labute approximate surface area is 177 Å². The first-order valence-corrected chi connectivity index (χ1v) is 11.1. The summed E-state index contributed by atoms with van der Waals surface area (Å²) in [5.41, 5.74) is 2.12. The molecule has 0 aromatic heterocycles. The van der Waals surface area contributed by atoms with Gasteiger partial charge in [0.1, 0.15) is 6.04 Å². The number of nitrogens with one attached hydrogen (secondary N) is 2. The summed E-state index contributed by atoms with van der Waals surface area (Å²) in [6.07, 6.45) is 0.451. The van der Waals surface area contributed by atoms with Crippen LogP contribution in [0.5, 0.6) is 0 Å². The lowest BCUT2D eigenvalue weighted by Crippen LogP contribution is -2.42. The van der Waals surface area contributed by atoms with Crippen LogP contribution in [0, 0.1) is 19.8 Å². The molecule has 30 heavy (non-hydrogen) atoms. The molecule has 2 N–H and O–H groups in total. The van der Waals surface area contributed by atoms with Crippen molar-refractivity contribution in [1.29, 1.82) is 0 Å². The third kappa shape index (κ3) is 6.06. The number of hydrogen-bond donors (Lipinski definition) is 2. The van der Waals surface area contributed by atoms with Crippen molar-refractivity contribution in [1.82, 2.24) is 5.32 Å². The number of carbonyl (C=O) groups is 2. The van der Waals surface area contributed by atoms with Crippen molar-refractivity contribution in [2.45, 2.75) is 45.1 Å². The van der Waals surface area contributed by atoms with E-state index in [0.717, 1.165) is 5.56 Å². The van der Waals surface area contributed by atoms with Crippen molar-refractivity contribution in [3.8, 4) is 0 Å². The molecular weight excluding hydrogens is 404 g/mol. The molecule has 0 radical (unpaired) electrons. The molecule has 0 aliphatic heterocycles. The van der Waals surface area contributed by atoms with Gasteiger partial charge >= 0.3 is 5.97 Å². The minimum Gasteiger partial charge on any atom is -0.467 e. The van der Waals surface area contributed by atoms with E-state index in [9.17, 15) is 18.0 Å². The predicted molar refractivity (Wildman–Crippen MR) is 116 cm³/mol. The standard InChI is InChI=1S/C22H28N2O5S/c1-14(2)12-19(22(26)29-5)23-21(25)17-8-10-18(11-9-17)24-30(27,28)20-13-15(3)6-7-16(20)4/h6-11,13-14,19,24H,12H2,1-5H3,(H,23,25). The highest BCUT2D eigenvalue weighted by Crippen LogP contribution is 2.21. The molecule has 0 saturated carbocycles. The van der Waals surface area contributed by atoms with Crippen LogP contribution in [-0.2, 0) is 19.6 Å². The molecule has 0 aliphatic carbocycles. The van der Waals surface area contributed by atoms with Gasteiger partial charge < -0.3 is 10.1 Å². The Kier molecular flexibility index (Phi) is 7.61. The number of methoxy groups -OCH3 is 1. The number of sulfonamides is 1. The van der Waals surface area contributed by atoms with E-state index < -0.39 is 27.9 Å². The van der Waals surface area contributed by atoms with Crippen LogP contribution in [0.4, 0.5) is 5.69 Å². The number of hydrogen-bond acceptors (Lipinski definition) is 5. The normalized spacial score (nSPS) is 12.3. The molecule has 162 valence electrons. The number of anilines is 1. The van der Waals surface area contributed by atoms with E-state index in [0.29, 0.717) is 23.2 Å². The zero-order chi connectivity index (χ0) is 22.5. The highest BCUT2D eigenvalue weighted by Gasteiger charge is 2.23. The molecule has 0 spiro atoms. The lowest BCUT2D eigenvalue weighted by Gasteiger charge is -2.18. The van der Waals surface area contributed by atoms with Crippen molar-refractivity contribution < 1.29 is 22.7 Å². The molecule has 0 bridgehead atoms. The van der Waals surface area contributed by atoms with E-state index in [1.54, 1.807) is 19.1 Å². The van der Waals surface area contributed by atoms with Gasteiger partial charge in [-0.1, -0.05) is 26.0 Å². The quantitative estimate of drug-likeness (QED) is 0.623. The van der Waals surface area contributed by atoms with Crippen LogP contribution >= 0.6 is 0 Å². The minimum absolute atomic E-state index is 0.191. The highest BCUT2D eigenvalue weighted by molar-refractivity contribution is 7.92. The molecule has 2 aromatic carbocycles. The molecular formula is C22H28N2O5S. The highest BCUT2D eigenvalue weighted by atomic mass is 32.2. The Morgan fingerprint density at radius 2 is 1.67 bits per heavy atom. The maximum absolute atomic E-state index is 12.7. The fraction of sp³-hybridized carbons (Fsp3) is 0.364. The Bertz CT molecular complexity index is 1010. The summed E-state index contributed by atoms with van der Waals surface area (Å²) in [5, 5.41) is 2.67. The first kappa shape index (κ1) is 23.4. The van der Waals surface area contributed by atoms with Crippen molar-refractivity contribution in [3.63, 3.8) is 0 Å². The maximum atomic E-state index is 12.7. The molecule has 7 nitrogen and oxygen atoms in total. The summed E-state index contributed by atoms with van der Waals surface area (Å²) >= 11 is 0. The molecule has 2 rings (SSSR count). The Morgan fingerprint density at radius 3 is 2.23 bits per heavy atom. The van der Waals surface area contributed by atoms with Gasteiger partial charge in [-0.3, -0.25) is 9.52 Å². The summed E-state index contributed by atoms with van der Waals surface area (Å²) < 4.78 is 32.7. The number of esters is 1. The van der Waals surface area contributed by atoms with Crippen LogP contribution in [-0.4, -0.2) is 33.4 Å². The van der Waals surface area contributed by atoms with Gasteiger partial charge in [-0.2, -0.15) is 0 Å². The van der Waals surface area contributed by atoms with E-state index in [1.807, 2.05) is 26.8 Å². The van der Waals surface area contributed by atoms with Gasteiger partial charge in [-0.25, -0.2) is 13.2 Å². The van der Waals surface area contributed by atoms with Gasteiger partial charge in [0.2, 0.25) is 0 Å². The van der Waals surface area contributed by atoms with E-state index in [4.69, 9.17) is 4.74 Å². The number of amides is 1. The monoisotopic (exact) mass is 432 g/mol. The number of aryl methyl sites for hydroxylation is 2. The van der Waals surface area contributed by atoms with Crippen LogP contribution in [0.25, 0.3) is 0 Å². The molecule has 0 saturated heterocycles. The van der Waals surface area contributed by atoms with Gasteiger partial charge in [0.25, 0.3) is 15.9 Å². The average Bonchev–Trinajstić information content (AvgIpc) is 2.68. The van der Waals surface area contributed by atoms with Gasteiger partial charge in [-0.15, -0.1) is 0 Å². The van der Waals surface area contributed by atoms with Crippen molar-refractivity contribution in [2.75, 3.05) is 11.8 Å². The first-order chi connectivity index (χ1) is 14.0. The van der Waals surface area contributed by atoms with Crippen LogP contribution in [0.3, 0.4) is 0 Å². The minimum atomic E-state index is -3.76. The van der Waals surface area contributed by atoms with Crippen LogP contribution in [0.15, 0.2) is 47.4 Å². The summed E-state index contributed by atoms with van der Waals surface area (Å²) in [4.78, 5) is 24.6. The largest absolute Gasteiger partial charge is 0.467 e. The van der Waals surface area contributed by atoms with Crippen LogP contribution in [0.2, 0.25) is 0 Å². The summed E-state index contributed by atoms with van der Waals surface area (Å²) in [6.45, 7) is 7.45. The molecule has 1 atom stereocenters. The van der Waals surface area contributed by atoms with Crippen molar-refractivity contribution >= 4 is 27.6 Å². The number of rotatable bonds is 8. The number of benzene rings is 2. The van der Waals surface area contributed by atoms with Crippen molar-refractivity contribution in [3.05, 3.63) is 59.2 Å². The van der Waals surface area contributed by atoms with E-state index in [2.05, 4.69) is 10.0 Å². The second-order valence-corrected chi connectivity index (χ2v) is 9.28. The van der Waals surface area contributed by atoms with Gasteiger partial charge in [0, 0.05) is 11.3 Å². The Morgan fingerprint density at radius 1 is 1.03 bits per heavy atom. The summed E-state index contributed by atoms with van der Waals surface area (Å²) in [6, 6.07) is 10.5. The zero-order valence-corrected chi connectivity index (χ0v) is 18.7. The van der Waals surface area contributed by atoms with E-state index in [1.165, 1.54) is 31.4 Å². The molecule has 1 unspecified atom stereocenters. The van der Waals surface area contributed by atoms with Crippen LogP contribution in [0.1, 0.15) is 41.8 Å². The smallest absolute Gasteiger partial charge is 0.328 e. The second-order valence-electron chi connectivity index (χ2n) is 7.63. The van der Waals surface area contributed by atoms with Crippen molar-refractivity contribution in [2.24, 2.45) is 5.92 Å². The molecule has 2 aromatic rings. The SMILES string of the molecule is COC(=O)C(CC(C)C)NC(=O)c1ccc(NS(=O)(=O)c2cc(C)ccc2C)cc1. The van der Waals surface area contributed by atoms with E-state index in [-0.39, 0.29) is 10.8 Å². The topological polar surface area (TPSA) is 102 Å². The fourth-order valence-electron chi connectivity index (χ4n) is 2.97. The number of ether oxygens (including phenoxy) is 1. The lowest BCUT2D eigenvalue weighted by molar-refractivity contribution is -0.143. The van der Waals surface area contributed by atoms with Gasteiger partial charge in [0.15, 0.2) is 0 Å². The molecule has 0 fully saturated rings. The summed E-state index contributed by atoms with van der Waals surface area (Å²) in [5.74, 6) is -0.749. The molecule has 0 heterocycles. The number of carbonyl (C=O) groups excluding carboxylic acids is 2. The predicted octanol–water partition coefficient (Wildman–Crippen LogP) is 3.42. The van der Waals surface area contributed by atoms with E-state index >= 15 is 0 Å². The average molecular weight is 433 g/mol. The molecule has 8 heteroatoms. The fourth-order valence-corrected chi connectivity index (χ4v) is 4.36.